The molecule has 2 aromatic rings. The van der Waals surface area contributed by atoms with Crippen molar-refractivity contribution in [3.8, 4) is 5.75 Å². The highest BCUT2D eigenvalue weighted by Gasteiger charge is 2.06. The summed E-state index contributed by atoms with van der Waals surface area (Å²) in [5, 5.41) is 1.01. The van der Waals surface area contributed by atoms with Crippen molar-refractivity contribution in [3.63, 3.8) is 0 Å². The SMILES string of the molecule is CCCCCCCCCCCCCCOc1cc(=O)n(C)c2ccccc12. The molecule has 0 atom stereocenters. The molecule has 2 rings (SSSR count). The van der Waals surface area contributed by atoms with E-state index < -0.39 is 0 Å². The van der Waals surface area contributed by atoms with E-state index in [0.717, 1.165) is 23.1 Å². The first-order valence-electron chi connectivity index (χ1n) is 11.0. The first-order valence-corrected chi connectivity index (χ1v) is 11.0. The van der Waals surface area contributed by atoms with E-state index in [1.54, 1.807) is 17.7 Å². The fourth-order valence-electron chi connectivity index (χ4n) is 3.62. The Hall–Kier alpha value is -1.77. The predicted molar refractivity (Wildman–Crippen MR) is 116 cm³/mol. The van der Waals surface area contributed by atoms with Crippen LogP contribution in [-0.2, 0) is 7.05 Å². The Morgan fingerprint density at radius 3 is 2.00 bits per heavy atom. The summed E-state index contributed by atoms with van der Waals surface area (Å²) in [7, 11) is 1.81. The van der Waals surface area contributed by atoms with E-state index in [-0.39, 0.29) is 5.56 Å². The minimum atomic E-state index is -0.0154. The van der Waals surface area contributed by atoms with Gasteiger partial charge in [0.05, 0.1) is 12.1 Å². The van der Waals surface area contributed by atoms with Gasteiger partial charge >= 0.3 is 0 Å². The van der Waals surface area contributed by atoms with E-state index in [2.05, 4.69) is 6.92 Å². The zero-order chi connectivity index (χ0) is 19.3. The molecular formula is C24H37NO2. The number of unbranched alkanes of at least 4 members (excludes halogenated alkanes) is 11. The Bertz CT molecular complexity index is 720. The summed E-state index contributed by atoms with van der Waals surface area (Å²) in [5.41, 5.74) is 0.910. The molecule has 27 heavy (non-hydrogen) atoms. The first-order chi connectivity index (χ1) is 13.2. The van der Waals surface area contributed by atoms with Gasteiger partial charge in [0.25, 0.3) is 5.56 Å². The van der Waals surface area contributed by atoms with Crippen LogP contribution in [0.15, 0.2) is 35.1 Å². The zero-order valence-electron chi connectivity index (χ0n) is 17.3. The Morgan fingerprint density at radius 1 is 0.815 bits per heavy atom. The van der Waals surface area contributed by atoms with E-state index in [1.165, 1.54) is 70.6 Å². The number of pyridine rings is 1. The van der Waals surface area contributed by atoms with Gasteiger partial charge in [0.15, 0.2) is 0 Å². The summed E-state index contributed by atoms with van der Waals surface area (Å²) in [4.78, 5) is 12.1. The van der Waals surface area contributed by atoms with Gasteiger partial charge < -0.3 is 9.30 Å². The van der Waals surface area contributed by atoms with E-state index in [9.17, 15) is 4.79 Å². The average molecular weight is 372 g/mol. The average Bonchev–Trinajstić information content (AvgIpc) is 2.69. The molecule has 0 radical (unpaired) electrons. The molecule has 0 unspecified atom stereocenters. The third kappa shape index (κ3) is 7.40. The molecule has 0 saturated carbocycles. The van der Waals surface area contributed by atoms with Gasteiger partial charge in [0, 0.05) is 18.5 Å². The van der Waals surface area contributed by atoms with Crippen LogP contribution in [0.5, 0.6) is 5.75 Å². The molecule has 0 fully saturated rings. The highest BCUT2D eigenvalue weighted by atomic mass is 16.5. The van der Waals surface area contributed by atoms with Crippen LogP contribution in [0.25, 0.3) is 10.9 Å². The molecule has 1 aromatic heterocycles. The smallest absolute Gasteiger partial charge is 0.254 e. The molecule has 1 aromatic carbocycles. The summed E-state index contributed by atoms with van der Waals surface area (Å²) < 4.78 is 7.61. The van der Waals surface area contributed by atoms with Crippen LogP contribution < -0.4 is 10.3 Å². The number of para-hydroxylation sites is 1. The number of nitrogens with zero attached hydrogens (tertiary/aromatic N) is 1. The molecule has 0 aliphatic carbocycles. The van der Waals surface area contributed by atoms with Crippen molar-refractivity contribution in [1.29, 1.82) is 0 Å². The highest BCUT2D eigenvalue weighted by molar-refractivity contribution is 5.85. The zero-order valence-corrected chi connectivity index (χ0v) is 17.3. The molecule has 3 nitrogen and oxygen atoms in total. The second-order valence-electron chi connectivity index (χ2n) is 7.66. The van der Waals surface area contributed by atoms with Crippen LogP contribution in [0.1, 0.15) is 84.0 Å². The van der Waals surface area contributed by atoms with Gasteiger partial charge in [-0.1, -0.05) is 89.7 Å². The molecule has 0 aliphatic rings. The van der Waals surface area contributed by atoms with E-state index in [4.69, 9.17) is 4.74 Å². The number of rotatable bonds is 14. The summed E-state index contributed by atoms with van der Waals surface area (Å²) in [6, 6.07) is 9.54. The Labute approximate surface area is 164 Å². The summed E-state index contributed by atoms with van der Waals surface area (Å²) >= 11 is 0. The number of ether oxygens (including phenoxy) is 1. The first kappa shape index (κ1) is 21.5. The Kier molecular flexibility index (Phi) is 10.0. The fraction of sp³-hybridized carbons (Fsp3) is 0.625. The maximum atomic E-state index is 12.1. The fourth-order valence-corrected chi connectivity index (χ4v) is 3.62. The van der Waals surface area contributed by atoms with Crippen molar-refractivity contribution >= 4 is 10.9 Å². The molecule has 150 valence electrons. The molecule has 0 spiro atoms. The van der Waals surface area contributed by atoms with Crippen LogP contribution in [0.3, 0.4) is 0 Å². The van der Waals surface area contributed by atoms with Crippen LogP contribution in [-0.4, -0.2) is 11.2 Å². The number of aryl methyl sites for hydroxylation is 1. The topological polar surface area (TPSA) is 31.2 Å². The third-order valence-corrected chi connectivity index (χ3v) is 5.37. The Balaban J connectivity index is 1.57. The second-order valence-corrected chi connectivity index (χ2v) is 7.66. The molecule has 0 aliphatic heterocycles. The van der Waals surface area contributed by atoms with Crippen molar-refractivity contribution in [1.82, 2.24) is 4.57 Å². The van der Waals surface area contributed by atoms with Gasteiger partial charge in [0.2, 0.25) is 0 Å². The van der Waals surface area contributed by atoms with Gasteiger partial charge in [-0.05, 0) is 18.6 Å². The van der Waals surface area contributed by atoms with E-state index >= 15 is 0 Å². The maximum Gasteiger partial charge on any atom is 0.254 e. The molecule has 0 amide bonds. The van der Waals surface area contributed by atoms with Crippen LogP contribution in [0.4, 0.5) is 0 Å². The van der Waals surface area contributed by atoms with Gasteiger partial charge in [-0.15, -0.1) is 0 Å². The highest BCUT2D eigenvalue weighted by Crippen LogP contribution is 2.23. The van der Waals surface area contributed by atoms with E-state index in [0.29, 0.717) is 6.61 Å². The minimum absolute atomic E-state index is 0.0154. The van der Waals surface area contributed by atoms with Crippen LogP contribution >= 0.6 is 0 Å². The lowest BCUT2D eigenvalue weighted by Crippen LogP contribution is -2.16. The third-order valence-electron chi connectivity index (χ3n) is 5.37. The Morgan fingerprint density at radius 2 is 1.37 bits per heavy atom. The van der Waals surface area contributed by atoms with Crippen LogP contribution in [0.2, 0.25) is 0 Å². The lowest BCUT2D eigenvalue weighted by molar-refractivity contribution is 0.307. The molecule has 0 N–H and O–H groups in total. The summed E-state index contributed by atoms with van der Waals surface area (Å²) in [5.74, 6) is 0.719. The predicted octanol–water partition coefficient (Wildman–Crippen LogP) is 6.62. The van der Waals surface area contributed by atoms with Crippen molar-refractivity contribution in [3.05, 3.63) is 40.7 Å². The number of aromatic nitrogens is 1. The van der Waals surface area contributed by atoms with Crippen molar-refractivity contribution < 1.29 is 4.74 Å². The van der Waals surface area contributed by atoms with Crippen molar-refractivity contribution in [2.45, 2.75) is 84.0 Å². The number of hydrogen-bond acceptors (Lipinski definition) is 2. The molecule has 3 heteroatoms. The number of hydrogen-bond donors (Lipinski definition) is 0. The molecule has 0 saturated heterocycles. The van der Waals surface area contributed by atoms with E-state index in [1.807, 2.05) is 24.3 Å². The van der Waals surface area contributed by atoms with Gasteiger partial charge in [-0.25, -0.2) is 0 Å². The van der Waals surface area contributed by atoms with Crippen molar-refractivity contribution in [2.75, 3.05) is 6.61 Å². The minimum Gasteiger partial charge on any atom is -0.493 e. The monoisotopic (exact) mass is 371 g/mol. The number of fused-ring (bicyclic) bond motifs is 1. The molecule has 0 bridgehead atoms. The van der Waals surface area contributed by atoms with Crippen molar-refractivity contribution in [2.24, 2.45) is 7.05 Å². The lowest BCUT2D eigenvalue weighted by atomic mass is 10.1. The normalized spacial score (nSPS) is 11.2. The number of benzene rings is 1. The maximum absolute atomic E-state index is 12.1. The molecule has 1 heterocycles. The van der Waals surface area contributed by atoms with Gasteiger partial charge in [-0.2, -0.15) is 0 Å². The summed E-state index contributed by atoms with van der Waals surface area (Å²) in [6.07, 6.45) is 16.0. The van der Waals surface area contributed by atoms with Gasteiger partial charge in [0.1, 0.15) is 5.75 Å². The quantitative estimate of drug-likeness (QED) is 0.349. The molecular weight excluding hydrogens is 334 g/mol. The standard InChI is InChI=1S/C24H37NO2/c1-3-4-5-6-7-8-9-10-11-12-13-16-19-27-23-20-24(26)25(2)22-18-15-14-17-21(22)23/h14-15,17-18,20H,3-13,16,19H2,1-2H3. The van der Waals surface area contributed by atoms with Gasteiger partial charge in [-0.3, -0.25) is 4.79 Å². The van der Waals surface area contributed by atoms with Crippen LogP contribution in [0, 0.1) is 0 Å². The lowest BCUT2D eigenvalue weighted by Gasteiger charge is -2.11. The second kappa shape index (κ2) is 12.6. The largest absolute Gasteiger partial charge is 0.493 e. The summed E-state index contributed by atoms with van der Waals surface area (Å²) in [6.45, 7) is 2.96.